The maximum absolute atomic E-state index is 11.7. The highest BCUT2D eigenvalue weighted by molar-refractivity contribution is 5.76. The number of carbonyl (C=O) groups is 1. The Bertz CT molecular complexity index is 385. The summed E-state index contributed by atoms with van der Waals surface area (Å²) < 4.78 is 0. The molecule has 0 bridgehead atoms. The minimum Gasteiger partial charge on any atom is -0.356 e. The first-order valence-electron chi connectivity index (χ1n) is 7.88. The lowest BCUT2D eigenvalue weighted by molar-refractivity contribution is -0.121. The van der Waals surface area contributed by atoms with Crippen LogP contribution in [0.15, 0.2) is 30.3 Å². The molecule has 2 N–H and O–H groups in total. The van der Waals surface area contributed by atoms with Gasteiger partial charge in [-0.25, -0.2) is 0 Å². The number of nitrogens with one attached hydrogen (secondary N) is 2. The van der Waals surface area contributed by atoms with Crippen molar-refractivity contribution in [3.05, 3.63) is 35.9 Å². The summed E-state index contributed by atoms with van der Waals surface area (Å²) in [6.45, 7) is 1.89. The van der Waals surface area contributed by atoms with Crippen LogP contribution in [-0.4, -0.2) is 25.0 Å². The van der Waals surface area contributed by atoms with Gasteiger partial charge in [0.05, 0.1) is 0 Å². The second kappa shape index (κ2) is 8.75. The van der Waals surface area contributed by atoms with Gasteiger partial charge in [-0.15, -0.1) is 0 Å². The van der Waals surface area contributed by atoms with Crippen molar-refractivity contribution in [1.82, 2.24) is 10.6 Å². The fourth-order valence-corrected chi connectivity index (χ4v) is 2.73. The number of hydrogen-bond donors (Lipinski definition) is 2. The van der Waals surface area contributed by atoms with Gasteiger partial charge in [0.1, 0.15) is 0 Å². The molecule has 1 aromatic carbocycles. The lowest BCUT2D eigenvalue weighted by atomic mass is 10.1. The van der Waals surface area contributed by atoms with E-state index in [1.165, 1.54) is 24.8 Å². The molecule has 0 radical (unpaired) electrons. The summed E-state index contributed by atoms with van der Waals surface area (Å²) in [6.07, 6.45) is 7.59. The predicted octanol–water partition coefficient (Wildman–Crippen LogP) is 2.66. The molecule has 1 amide bonds. The SMILES string of the molecule is O=C(CC1CCCN1)NCCCCCc1ccccc1. The summed E-state index contributed by atoms with van der Waals surface area (Å²) in [5.74, 6) is 0.201. The molecule has 0 saturated carbocycles. The number of rotatable bonds is 8. The van der Waals surface area contributed by atoms with E-state index in [-0.39, 0.29) is 5.91 Å². The second-order valence-corrected chi connectivity index (χ2v) is 5.64. The van der Waals surface area contributed by atoms with E-state index in [2.05, 4.69) is 41.0 Å². The van der Waals surface area contributed by atoms with Gasteiger partial charge in [-0.05, 0) is 44.2 Å². The molecule has 3 nitrogen and oxygen atoms in total. The Balaban J connectivity index is 1.46. The lowest BCUT2D eigenvalue weighted by Crippen LogP contribution is -2.32. The van der Waals surface area contributed by atoms with Crippen LogP contribution in [0.25, 0.3) is 0 Å². The number of benzene rings is 1. The monoisotopic (exact) mass is 274 g/mol. The van der Waals surface area contributed by atoms with Crippen LogP contribution in [0.1, 0.15) is 44.1 Å². The number of aryl methyl sites for hydroxylation is 1. The number of amides is 1. The molecule has 0 spiro atoms. The van der Waals surface area contributed by atoms with Crippen LogP contribution in [0.5, 0.6) is 0 Å². The highest BCUT2D eigenvalue weighted by Gasteiger charge is 2.16. The summed E-state index contributed by atoms with van der Waals surface area (Å²) in [7, 11) is 0. The van der Waals surface area contributed by atoms with E-state index < -0.39 is 0 Å². The zero-order valence-electron chi connectivity index (χ0n) is 12.2. The Morgan fingerprint density at radius 2 is 2.05 bits per heavy atom. The van der Waals surface area contributed by atoms with E-state index in [0.29, 0.717) is 12.5 Å². The Morgan fingerprint density at radius 1 is 1.20 bits per heavy atom. The molecule has 0 aliphatic carbocycles. The number of hydrogen-bond acceptors (Lipinski definition) is 2. The van der Waals surface area contributed by atoms with Crippen LogP contribution < -0.4 is 10.6 Å². The van der Waals surface area contributed by atoms with E-state index in [4.69, 9.17) is 0 Å². The second-order valence-electron chi connectivity index (χ2n) is 5.64. The predicted molar refractivity (Wildman–Crippen MR) is 82.6 cm³/mol. The molecule has 1 unspecified atom stereocenters. The quantitative estimate of drug-likeness (QED) is 0.716. The van der Waals surface area contributed by atoms with Crippen molar-refractivity contribution < 1.29 is 4.79 Å². The molecule has 1 saturated heterocycles. The third-order valence-corrected chi connectivity index (χ3v) is 3.90. The average molecular weight is 274 g/mol. The maximum atomic E-state index is 11.7. The first-order chi connectivity index (χ1) is 9.84. The van der Waals surface area contributed by atoms with Crippen molar-refractivity contribution in [1.29, 1.82) is 0 Å². The standard InChI is InChI=1S/C17H26N2O/c20-17(14-16-11-7-13-18-16)19-12-6-2-5-10-15-8-3-1-4-9-15/h1,3-4,8-9,16,18H,2,5-7,10-14H2,(H,19,20). The Morgan fingerprint density at radius 3 is 2.80 bits per heavy atom. The van der Waals surface area contributed by atoms with Crippen molar-refractivity contribution >= 4 is 5.91 Å². The largest absolute Gasteiger partial charge is 0.356 e. The van der Waals surface area contributed by atoms with Gasteiger partial charge in [-0.2, -0.15) is 0 Å². The third-order valence-electron chi connectivity index (χ3n) is 3.90. The molecule has 110 valence electrons. The van der Waals surface area contributed by atoms with E-state index in [1.54, 1.807) is 0 Å². The van der Waals surface area contributed by atoms with Gasteiger partial charge in [0.2, 0.25) is 5.91 Å². The Hall–Kier alpha value is -1.35. The van der Waals surface area contributed by atoms with Gasteiger partial charge >= 0.3 is 0 Å². The van der Waals surface area contributed by atoms with Gasteiger partial charge in [0.15, 0.2) is 0 Å². The lowest BCUT2D eigenvalue weighted by Gasteiger charge is -2.10. The van der Waals surface area contributed by atoms with E-state index in [1.807, 2.05) is 0 Å². The summed E-state index contributed by atoms with van der Waals surface area (Å²) >= 11 is 0. The van der Waals surface area contributed by atoms with Gasteiger partial charge < -0.3 is 10.6 Å². The Labute approximate surface area is 122 Å². The molecule has 1 atom stereocenters. The molecule has 1 fully saturated rings. The molecule has 0 aromatic heterocycles. The summed E-state index contributed by atoms with van der Waals surface area (Å²) in [5.41, 5.74) is 1.41. The highest BCUT2D eigenvalue weighted by Crippen LogP contribution is 2.08. The molecule has 1 aromatic rings. The van der Waals surface area contributed by atoms with Gasteiger partial charge in [0, 0.05) is 19.0 Å². The summed E-state index contributed by atoms with van der Waals surface area (Å²) in [6, 6.07) is 11.0. The first kappa shape index (κ1) is 15.0. The van der Waals surface area contributed by atoms with Crippen LogP contribution in [0.4, 0.5) is 0 Å². The van der Waals surface area contributed by atoms with Crippen molar-refractivity contribution in [2.75, 3.05) is 13.1 Å². The van der Waals surface area contributed by atoms with E-state index in [0.717, 1.165) is 32.4 Å². The first-order valence-corrected chi connectivity index (χ1v) is 7.88. The van der Waals surface area contributed by atoms with Crippen molar-refractivity contribution in [3.63, 3.8) is 0 Å². The van der Waals surface area contributed by atoms with E-state index >= 15 is 0 Å². The minimum atomic E-state index is 0.201. The highest BCUT2D eigenvalue weighted by atomic mass is 16.1. The molecule has 2 rings (SSSR count). The topological polar surface area (TPSA) is 41.1 Å². The fraction of sp³-hybridized carbons (Fsp3) is 0.588. The Kier molecular flexibility index (Phi) is 6.58. The number of carbonyl (C=O) groups excluding carboxylic acids is 1. The smallest absolute Gasteiger partial charge is 0.221 e. The van der Waals surface area contributed by atoms with Crippen LogP contribution >= 0.6 is 0 Å². The van der Waals surface area contributed by atoms with Gasteiger partial charge in [-0.1, -0.05) is 36.8 Å². The molecule has 1 heterocycles. The zero-order valence-corrected chi connectivity index (χ0v) is 12.2. The van der Waals surface area contributed by atoms with Crippen LogP contribution in [0.3, 0.4) is 0 Å². The third kappa shape index (κ3) is 5.74. The fourth-order valence-electron chi connectivity index (χ4n) is 2.73. The van der Waals surface area contributed by atoms with Crippen molar-refractivity contribution in [2.45, 2.75) is 51.0 Å². The van der Waals surface area contributed by atoms with Crippen LogP contribution in [0, 0.1) is 0 Å². The normalized spacial score (nSPS) is 18.1. The molecular formula is C17H26N2O. The minimum absolute atomic E-state index is 0.201. The maximum Gasteiger partial charge on any atom is 0.221 e. The molecule has 1 aliphatic heterocycles. The summed E-state index contributed by atoms with van der Waals surface area (Å²) in [4.78, 5) is 11.7. The molecule has 20 heavy (non-hydrogen) atoms. The van der Waals surface area contributed by atoms with Crippen LogP contribution in [0.2, 0.25) is 0 Å². The van der Waals surface area contributed by atoms with Gasteiger partial charge in [-0.3, -0.25) is 4.79 Å². The number of unbranched alkanes of at least 4 members (excludes halogenated alkanes) is 2. The zero-order chi connectivity index (χ0) is 14.0. The van der Waals surface area contributed by atoms with Crippen molar-refractivity contribution in [3.8, 4) is 0 Å². The summed E-state index contributed by atoms with van der Waals surface area (Å²) in [5, 5.41) is 6.38. The molecule has 1 aliphatic rings. The van der Waals surface area contributed by atoms with Crippen LogP contribution in [-0.2, 0) is 11.2 Å². The molecular weight excluding hydrogens is 248 g/mol. The van der Waals surface area contributed by atoms with Crippen molar-refractivity contribution in [2.24, 2.45) is 0 Å². The van der Waals surface area contributed by atoms with Gasteiger partial charge in [0.25, 0.3) is 0 Å². The average Bonchev–Trinajstić information content (AvgIpc) is 2.96. The van der Waals surface area contributed by atoms with E-state index in [9.17, 15) is 4.79 Å². The molecule has 3 heteroatoms.